The molecule has 2 heterocycles. The number of hydrogen-bond donors (Lipinski definition) is 3. The molecule has 1 unspecified atom stereocenters. The van der Waals surface area contributed by atoms with Crippen molar-refractivity contribution in [2.45, 2.75) is 12.6 Å². The average Bonchev–Trinajstić information content (AvgIpc) is 2.73. The summed E-state index contributed by atoms with van der Waals surface area (Å²) in [4.78, 5) is 11.8. The average molecular weight is 245 g/mol. The summed E-state index contributed by atoms with van der Waals surface area (Å²) >= 11 is 0. The van der Waals surface area contributed by atoms with E-state index in [9.17, 15) is 4.79 Å². The van der Waals surface area contributed by atoms with Crippen molar-refractivity contribution in [2.24, 2.45) is 5.10 Å². The van der Waals surface area contributed by atoms with Crippen LogP contribution >= 0.6 is 0 Å². The zero-order valence-electron chi connectivity index (χ0n) is 9.89. The third-order valence-electron chi connectivity index (χ3n) is 3.04. The molecule has 1 atom stereocenters. The number of benzene rings is 1. The van der Waals surface area contributed by atoms with Crippen LogP contribution in [0.25, 0.3) is 0 Å². The van der Waals surface area contributed by atoms with Gasteiger partial charge in [0.15, 0.2) is 5.71 Å². The van der Waals surface area contributed by atoms with Crippen molar-refractivity contribution in [3.63, 3.8) is 0 Å². The van der Waals surface area contributed by atoms with E-state index in [2.05, 4.69) is 21.3 Å². The third kappa shape index (κ3) is 2.07. The molecule has 6 nitrogen and oxygen atoms in total. The van der Waals surface area contributed by atoms with E-state index < -0.39 is 0 Å². The van der Waals surface area contributed by atoms with Gasteiger partial charge in [0, 0.05) is 6.54 Å². The SMILES string of the molecule is O=C1NN2CCCNC2C1=NNc1ccccc1. The summed E-state index contributed by atoms with van der Waals surface area (Å²) < 4.78 is 0. The number of fused-ring (bicyclic) bond motifs is 1. The van der Waals surface area contributed by atoms with Crippen molar-refractivity contribution < 1.29 is 4.79 Å². The molecule has 2 saturated heterocycles. The molecule has 1 aromatic rings. The first-order valence-electron chi connectivity index (χ1n) is 6.04. The van der Waals surface area contributed by atoms with Gasteiger partial charge in [-0.3, -0.25) is 21.0 Å². The van der Waals surface area contributed by atoms with Crippen molar-refractivity contribution in [1.29, 1.82) is 0 Å². The summed E-state index contributed by atoms with van der Waals surface area (Å²) in [7, 11) is 0. The highest BCUT2D eigenvalue weighted by atomic mass is 16.2. The number of anilines is 1. The molecule has 0 bridgehead atoms. The van der Waals surface area contributed by atoms with Gasteiger partial charge in [0.1, 0.15) is 6.17 Å². The Bertz CT molecular complexity index is 473. The molecule has 0 radical (unpaired) electrons. The molecule has 2 aliphatic rings. The maximum atomic E-state index is 11.8. The van der Waals surface area contributed by atoms with Gasteiger partial charge in [-0.15, -0.1) is 0 Å². The molecule has 1 aromatic carbocycles. The van der Waals surface area contributed by atoms with Gasteiger partial charge in [-0.05, 0) is 25.1 Å². The van der Waals surface area contributed by atoms with Crippen LogP contribution in [0.3, 0.4) is 0 Å². The molecule has 2 aliphatic heterocycles. The standard InChI is InChI=1S/C12H15N5O/c18-12-10(11-13-7-4-8-17(11)16-12)15-14-9-5-2-1-3-6-9/h1-3,5-6,11,13-14H,4,7-8H2,(H,16,18). The Morgan fingerprint density at radius 3 is 3.00 bits per heavy atom. The van der Waals surface area contributed by atoms with Crippen molar-refractivity contribution in [1.82, 2.24) is 15.8 Å². The number of hydrazone groups is 1. The fourth-order valence-corrected chi connectivity index (χ4v) is 2.15. The van der Waals surface area contributed by atoms with Crippen molar-refractivity contribution >= 4 is 17.3 Å². The molecule has 0 aromatic heterocycles. The van der Waals surface area contributed by atoms with E-state index in [1.54, 1.807) is 0 Å². The number of nitrogens with zero attached hydrogens (tertiary/aromatic N) is 2. The molecule has 1 amide bonds. The van der Waals surface area contributed by atoms with Crippen molar-refractivity contribution in [3.8, 4) is 0 Å². The smallest absolute Gasteiger partial charge is 0.284 e. The van der Waals surface area contributed by atoms with Crippen LogP contribution in [0.4, 0.5) is 5.69 Å². The zero-order valence-corrected chi connectivity index (χ0v) is 9.89. The lowest BCUT2D eigenvalue weighted by Crippen LogP contribution is -2.53. The normalized spacial score (nSPS) is 25.9. The summed E-state index contributed by atoms with van der Waals surface area (Å²) in [5.74, 6) is -0.141. The van der Waals surface area contributed by atoms with E-state index in [-0.39, 0.29) is 12.1 Å². The summed E-state index contributed by atoms with van der Waals surface area (Å²) in [6, 6.07) is 9.59. The van der Waals surface area contributed by atoms with Crippen LogP contribution in [0, 0.1) is 0 Å². The quantitative estimate of drug-likeness (QED) is 0.647. The number of rotatable bonds is 2. The minimum Gasteiger partial charge on any atom is -0.295 e. The monoisotopic (exact) mass is 245 g/mol. The second-order valence-electron chi connectivity index (χ2n) is 4.32. The highest BCUT2D eigenvalue weighted by Gasteiger charge is 2.38. The van der Waals surface area contributed by atoms with Crippen LogP contribution in [-0.4, -0.2) is 35.9 Å². The van der Waals surface area contributed by atoms with Crippen LogP contribution in [0.5, 0.6) is 0 Å². The maximum absolute atomic E-state index is 11.8. The fourth-order valence-electron chi connectivity index (χ4n) is 2.15. The van der Waals surface area contributed by atoms with Gasteiger partial charge in [-0.2, -0.15) is 10.1 Å². The number of nitrogens with one attached hydrogen (secondary N) is 3. The van der Waals surface area contributed by atoms with Gasteiger partial charge >= 0.3 is 0 Å². The topological polar surface area (TPSA) is 68.8 Å². The van der Waals surface area contributed by atoms with Crippen LogP contribution < -0.4 is 16.2 Å². The first-order valence-corrected chi connectivity index (χ1v) is 6.04. The fraction of sp³-hybridized carbons (Fsp3) is 0.333. The molecule has 0 saturated carbocycles. The molecule has 3 rings (SSSR count). The Kier molecular flexibility index (Phi) is 2.95. The predicted octanol–water partition coefficient (Wildman–Crippen LogP) is 0.121. The molecular weight excluding hydrogens is 230 g/mol. The first-order chi connectivity index (χ1) is 8.84. The van der Waals surface area contributed by atoms with Crippen LogP contribution in [0.15, 0.2) is 35.4 Å². The van der Waals surface area contributed by atoms with E-state index in [1.165, 1.54) is 0 Å². The lowest BCUT2D eigenvalue weighted by Gasteiger charge is -2.28. The van der Waals surface area contributed by atoms with Crippen molar-refractivity contribution in [2.75, 3.05) is 18.5 Å². The highest BCUT2D eigenvalue weighted by Crippen LogP contribution is 2.11. The Hall–Kier alpha value is -1.92. The lowest BCUT2D eigenvalue weighted by molar-refractivity contribution is -0.117. The van der Waals surface area contributed by atoms with Crippen LogP contribution in [0.2, 0.25) is 0 Å². The molecule has 0 aliphatic carbocycles. The maximum Gasteiger partial charge on any atom is 0.284 e. The van der Waals surface area contributed by atoms with E-state index in [4.69, 9.17) is 0 Å². The van der Waals surface area contributed by atoms with Gasteiger partial charge < -0.3 is 0 Å². The van der Waals surface area contributed by atoms with Crippen LogP contribution in [-0.2, 0) is 4.79 Å². The van der Waals surface area contributed by atoms with E-state index >= 15 is 0 Å². The van der Waals surface area contributed by atoms with Gasteiger partial charge in [-0.1, -0.05) is 18.2 Å². The number of amides is 1. The van der Waals surface area contributed by atoms with E-state index in [0.717, 1.165) is 25.2 Å². The van der Waals surface area contributed by atoms with Crippen LogP contribution in [0.1, 0.15) is 6.42 Å². The number of para-hydroxylation sites is 1. The summed E-state index contributed by atoms with van der Waals surface area (Å²) in [5.41, 5.74) is 7.07. The molecule has 6 heteroatoms. The molecule has 0 spiro atoms. The van der Waals surface area contributed by atoms with Crippen molar-refractivity contribution in [3.05, 3.63) is 30.3 Å². The number of hydrazine groups is 1. The number of hydrogen-bond acceptors (Lipinski definition) is 5. The summed E-state index contributed by atoms with van der Waals surface area (Å²) in [6.45, 7) is 1.76. The minimum absolute atomic E-state index is 0.123. The third-order valence-corrected chi connectivity index (χ3v) is 3.04. The lowest BCUT2D eigenvalue weighted by atomic mass is 10.2. The van der Waals surface area contributed by atoms with Gasteiger partial charge in [-0.25, -0.2) is 0 Å². The molecular formula is C12H15N5O. The molecule has 94 valence electrons. The first kappa shape index (κ1) is 11.2. The highest BCUT2D eigenvalue weighted by molar-refractivity contribution is 6.42. The molecule has 18 heavy (non-hydrogen) atoms. The number of carbonyl (C=O) groups is 1. The summed E-state index contributed by atoms with van der Waals surface area (Å²) in [6.07, 6.45) is 0.901. The van der Waals surface area contributed by atoms with Gasteiger partial charge in [0.05, 0.1) is 5.69 Å². The second-order valence-corrected chi connectivity index (χ2v) is 4.32. The van der Waals surface area contributed by atoms with Gasteiger partial charge in [0.25, 0.3) is 5.91 Å². The molecule has 3 N–H and O–H groups in total. The molecule has 2 fully saturated rings. The largest absolute Gasteiger partial charge is 0.295 e. The summed E-state index contributed by atoms with van der Waals surface area (Å²) in [5, 5.41) is 9.37. The second kappa shape index (κ2) is 4.75. The predicted molar refractivity (Wildman–Crippen MR) is 68.8 cm³/mol. The number of carbonyl (C=O) groups excluding carboxylic acids is 1. The van der Waals surface area contributed by atoms with E-state index in [1.807, 2.05) is 35.3 Å². The zero-order chi connectivity index (χ0) is 12.4. The van der Waals surface area contributed by atoms with E-state index in [0.29, 0.717) is 5.71 Å². The minimum atomic E-state index is -0.141. The Labute approximate surface area is 105 Å². The van der Waals surface area contributed by atoms with Gasteiger partial charge in [0.2, 0.25) is 0 Å². The Morgan fingerprint density at radius 1 is 1.33 bits per heavy atom. The Balaban J connectivity index is 1.76. The Morgan fingerprint density at radius 2 is 2.17 bits per heavy atom.